The van der Waals surface area contributed by atoms with Crippen molar-refractivity contribution >= 4 is 0 Å². The van der Waals surface area contributed by atoms with Crippen LogP contribution < -0.4 is 16.2 Å². The molecule has 1 fully saturated rings. The second-order valence-electron chi connectivity index (χ2n) is 2.76. The largest absolute Gasteiger partial charge is 0.314 e. The van der Waals surface area contributed by atoms with Gasteiger partial charge in [-0.25, -0.2) is 0 Å². The first-order valence-electron chi connectivity index (χ1n) is 4.06. The molecule has 1 saturated heterocycles. The maximum atomic E-state index is 3.45. The number of hydrogen-bond acceptors (Lipinski definition) is 3. The molecule has 1 heterocycles. The summed E-state index contributed by atoms with van der Waals surface area (Å²) in [4.78, 5) is 0. The Bertz CT molecular complexity index is 78.9. The molecule has 1 atom stereocenters. The fraction of sp³-hybridized carbons (Fsp3) is 1.00. The summed E-state index contributed by atoms with van der Waals surface area (Å²) in [5.74, 6) is 0. The lowest BCUT2D eigenvalue weighted by Gasteiger charge is -2.09. The van der Waals surface area contributed by atoms with E-state index in [0.717, 1.165) is 12.6 Å². The van der Waals surface area contributed by atoms with Crippen molar-refractivity contribution in [2.75, 3.05) is 20.1 Å². The zero-order valence-corrected chi connectivity index (χ0v) is 6.61. The number of rotatable bonds is 4. The van der Waals surface area contributed by atoms with Crippen LogP contribution in [0.2, 0.25) is 0 Å². The molecular formula is C7H17N3. The van der Waals surface area contributed by atoms with Crippen LogP contribution >= 0.6 is 0 Å². The van der Waals surface area contributed by atoms with Gasteiger partial charge in [0.25, 0.3) is 0 Å². The molecule has 10 heavy (non-hydrogen) atoms. The van der Waals surface area contributed by atoms with Crippen LogP contribution in [-0.2, 0) is 0 Å². The molecule has 3 nitrogen and oxygen atoms in total. The average Bonchev–Trinajstić information content (AvgIpc) is 2.41. The standard InChI is InChI=1S/C7H17N3/c1-8-10-6-4-7-3-2-5-9-7/h7-10H,2-6H2,1H3. The van der Waals surface area contributed by atoms with E-state index < -0.39 is 0 Å². The van der Waals surface area contributed by atoms with Gasteiger partial charge in [0.2, 0.25) is 0 Å². The lowest BCUT2D eigenvalue weighted by atomic mass is 10.2. The van der Waals surface area contributed by atoms with Crippen LogP contribution in [0.1, 0.15) is 19.3 Å². The van der Waals surface area contributed by atoms with E-state index in [1.165, 1.54) is 25.8 Å². The first-order chi connectivity index (χ1) is 4.93. The van der Waals surface area contributed by atoms with Gasteiger partial charge in [-0.2, -0.15) is 0 Å². The maximum absolute atomic E-state index is 3.45. The van der Waals surface area contributed by atoms with Gasteiger partial charge in [-0.3, -0.25) is 10.9 Å². The molecule has 0 aromatic carbocycles. The molecule has 0 aromatic heterocycles. The van der Waals surface area contributed by atoms with Crippen molar-refractivity contribution in [3.63, 3.8) is 0 Å². The molecular weight excluding hydrogens is 126 g/mol. The summed E-state index contributed by atoms with van der Waals surface area (Å²) in [5, 5.41) is 3.45. The lowest BCUT2D eigenvalue weighted by molar-refractivity contribution is 0.496. The SMILES string of the molecule is CNNCCC1CCCN1. The predicted molar refractivity (Wildman–Crippen MR) is 42.7 cm³/mol. The molecule has 0 amide bonds. The number of hydrogen-bond donors (Lipinski definition) is 3. The first-order valence-corrected chi connectivity index (χ1v) is 4.06. The quantitative estimate of drug-likeness (QED) is 0.378. The molecule has 0 bridgehead atoms. The molecule has 1 rings (SSSR count). The number of nitrogens with one attached hydrogen (secondary N) is 3. The molecule has 0 saturated carbocycles. The number of hydrazine groups is 1. The normalized spacial score (nSPS) is 25.5. The van der Waals surface area contributed by atoms with Gasteiger partial charge in [0.05, 0.1) is 0 Å². The molecule has 3 heteroatoms. The zero-order chi connectivity index (χ0) is 7.23. The van der Waals surface area contributed by atoms with Crippen LogP contribution in [0.25, 0.3) is 0 Å². The summed E-state index contributed by atoms with van der Waals surface area (Å²) in [7, 11) is 1.90. The van der Waals surface area contributed by atoms with Gasteiger partial charge in [-0.1, -0.05) is 0 Å². The lowest BCUT2D eigenvalue weighted by Crippen LogP contribution is -2.33. The zero-order valence-electron chi connectivity index (χ0n) is 6.61. The van der Waals surface area contributed by atoms with E-state index >= 15 is 0 Å². The van der Waals surface area contributed by atoms with Gasteiger partial charge in [0.1, 0.15) is 0 Å². The summed E-state index contributed by atoms with van der Waals surface area (Å²) < 4.78 is 0. The molecule has 1 aliphatic rings. The van der Waals surface area contributed by atoms with Crippen molar-refractivity contribution in [2.45, 2.75) is 25.3 Å². The summed E-state index contributed by atoms with van der Waals surface area (Å²) in [6, 6.07) is 0.765. The van der Waals surface area contributed by atoms with Crippen LogP contribution in [-0.4, -0.2) is 26.2 Å². The van der Waals surface area contributed by atoms with Crippen molar-refractivity contribution in [3.8, 4) is 0 Å². The van der Waals surface area contributed by atoms with Gasteiger partial charge in [0.15, 0.2) is 0 Å². The topological polar surface area (TPSA) is 36.1 Å². The molecule has 0 aromatic rings. The van der Waals surface area contributed by atoms with Crippen LogP contribution in [0.4, 0.5) is 0 Å². The minimum Gasteiger partial charge on any atom is -0.314 e. The predicted octanol–water partition coefficient (Wildman–Crippen LogP) is -0.147. The van der Waals surface area contributed by atoms with Crippen LogP contribution in [0.15, 0.2) is 0 Å². The highest BCUT2D eigenvalue weighted by Crippen LogP contribution is 2.06. The van der Waals surface area contributed by atoms with Gasteiger partial charge >= 0.3 is 0 Å². The third-order valence-electron chi connectivity index (χ3n) is 1.96. The van der Waals surface area contributed by atoms with Crippen molar-refractivity contribution < 1.29 is 0 Å². The van der Waals surface area contributed by atoms with Crippen LogP contribution in [0, 0.1) is 0 Å². The monoisotopic (exact) mass is 143 g/mol. The Hall–Kier alpha value is -0.120. The Labute approximate surface area is 62.5 Å². The first kappa shape index (κ1) is 7.98. The second kappa shape index (κ2) is 4.66. The summed E-state index contributed by atoms with van der Waals surface area (Å²) in [6.07, 6.45) is 3.94. The smallest absolute Gasteiger partial charge is 0.0114 e. The van der Waals surface area contributed by atoms with Crippen molar-refractivity contribution in [2.24, 2.45) is 0 Å². The minimum absolute atomic E-state index is 0.765. The highest BCUT2D eigenvalue weighted by atomic mass is 15.3. The molecule has 1 aliphatic heterocycles. The van der Waals surface area contributed by atoms with Gasteiger partial charge in [-0.15, -0.1) is 0 Å². The van der Waals surface area contributed by atoms with E-state index in [4.69, 9.17) is 0 Å². The second-order valence-corrected chi connectivity index (χ2v) is 2.76. The molecule has 0 spiro atoms. The molecule has 3 N–H and O–H groups in total. The average molecular weight is 143 g/mol. The molecule has 60 valence electrons. The highest BCUT2D eigenvalue weighted by Gasteiger charge is 2.12. The van der Waals surface area contributed by atoms with E-state index in [1.807, 2.05) is 7.05 Å². The van der Waals surface area contributed by atoms with Gasteiger partial charge in [-0.05, 0) is 32.9 Å². The van der Waals surface area contributed by atoms with Crippen LogP contribution in [0.5, 0.6) is 0 Å². The van der Waals surface area contributed by atoms with E-state index in [2.05, 4.69) is 16.2 Å². The van der Waals surface area contributed by atoms with Crippen molar-refractivity contribution in [3.05, 3.63) is 0 Å². The Kier molecular flexibility index (Phi) is 3.72. The van der Waals surface area contributed by atoms with E-state index in [0.29, 0.717) is 0 Å². The van der Waals surface area contributed by atoms with E-state index in [9.17, 15) is 0 Å². The summed E-state index contributed by atoms with van der Waals surface area (Å²) in [6.45, 7) is 2.28. The fourth-order valence-corrected chi connectivity index (χ4v) is 1.37. The highest BCUT2D eigenvalue weighted by molar-refractivity contribution is 4.73. The fourth-order valence-electron chi connectivity index (χ4n) is 1.37. The molecule has 1 unspecified atom stereocenters. The summed E-state index contributed by atoms with van der Waals surface area (Å²) >= 11 is 0. The Morgan fingerprint density at radius 1 is 1.60 bits per heavy atom. The van der Waals surface area contributed by atoms with Gasteiger partial charge in [0, 0.05) is 12.6 Å². The Morgan fingerprint density at radius 3 is 3.10 bits per heavy atom. The van der Waals surface area contributed by atoms with Crippen molar-refractivity contribution in [1.82, 2.24) is 16.2 Å². The Balaban J connectivity index is 1.91. The third-order valence-corrected chi connectivity index (χ3v) is 1.96. The van der Waals surface area contributed by atoms with E-state index in [-0.39, 0.29) is 0 Å². The molecule has 0 aliphatic carbocycles. The minimum atomic E-state index is 0.765. The van der Waals surface area contributed by atoms with Crippen molar-refractivity contribution in [1.29, 1.82) is 0 Å². The Morgan fingerprint density at radius 2 is 2.50 bits per heavy atom. The summed E-state index contributed by atoms with van der Waals surface area (Å²) in [5.41, 5.74) is 6.00. The van der Waals surface area contributed by atoms with E-state index in [1.54, 1.807) is 0 Å². The molecule has 0 radical (unpaired) electrons. The third kappa shape index (κ3) is 2.64. The maximum Gasteiger partial charge on any atom is 0.0114 e. The van der Waals surface area contributed by atoms with Gasteiger partial charge < -0.3 is 5.32 Å². The van der Waals surface area contributed by atoms with Crippen LogP contribution in [0.3, 0.4) is 0 Å².